The van der Waals surface area contributed by atoms with Crippen LogP contribution in [0.1, 0.15) is 51.1 Å². The number of hydrogen-bond donors (Lipinski definition) is 4. The topological polar surface area (TPSA) is 86.3 Å². The Hall–Kier alpha value is -2.02. The zero-order valence-electron chi connectivity index (χ0n) is 16.6. The van der Waals surface area contributed by atoms with Crippen molar-refractivity contribution in [1.82, 2.24) is 21.2 Å². The van der Waals surface area contributed by atoms with Crippen LogP contribution < -0.4 is 16.2 Å². The highest BCUT2D eigenvalue weighted by atomic mass is 16.3. The highest BCUT2D eigenvalue weighted by Gasteiger charge is 2.38. The highest BCUT2D eigenvalue weighted by molar-refractivity contribution is 5.83. The minimum absolute atomic E-state index is 0.0123. The molecule has 1 amide bonds. The summed E-state index contributed by atoms with van der Waals surface area (Å²) in [7, 11) is 0. The van der Waals surface area contributed by atoms with E-state index in [-0.39, 0.29) is 30.0 Å². The van der Waals surface area contributed by atoms with Gasteiger partial charge in [-0.25, -0.2) is 5.43 Å². The molecular weight excluding hydrogens is 352 g/mol. The molecule has 1 saturated carbocycles. The number of nitrogens with zero attached hydrogens (tertiary/aromatic N) is 1. The van der Waals surface area contributed by atoms with Crippen molar-refractivity contribution in [2.24, 2.45) is 11.8 Å². The van der Waals surface area contributed by atoms with Crippen molar-refractivity contribution in [3.8, 4) is 0 Å². The lowest BCUT2D eigenvalue weighted by molar-refractivity contribution is -0.124. The number of hydrazine groups is 1. The third-order valence-electron chi connectivity index (χ3n) is 5.94. The van der Waals surface area contributed by atoms with Gasteiger partial charge in [0.25, 0.3) is 0 Å². The molecule has 1 aliphatic carbocycles. The van der Waals surface area contributed by atoms with Crippen molar-refractivity contribution in [1.29, 1.82) is 0 Å². The van der Waals surface area contributed by atoms with Gasteiger partial charge in [-0.2, -0.15) is 0 Å². The van der Waals surface area contributed by atoms with E-state index >= 15 is 0 Å². The molecule has 6 heteroatoms. The Morgan fingerprint density at radius 1 is 1.25 bits per heavy atom. The lowest BCUT2D eigenvalue weighted by atomic mass is 9.75. The number of aliphatic hydroxyl groups excluding tert-OH is 1. The van der Waals surface area contributed by atoms with E-state index in [2.05, 4.69) is 41.1 Å². The fraction of sp³-hybridized carbons (Fsp3) is 0.545. The van der Waals surface area contributed by atoms with Crippen molar-refractivity contribution in [2.75, 3.05) is 0 Å². The van der Waals surface area contributed by atoms with Crippen molar-refractivity contribution in [3.05, 3.63) is 42.1 Å². The summed E-state index contributed by atoms with van der Waals surface area (Å²) in [4.78, 5) is 17.5. The summed E-state index contributed by atoms with van der Waals surface area (Å²) in [6.45, 7) is 4.39. The van der Waals surface area contributed by atoms with Crippen LogP contribution in [0.3, 0.4) is 0 Å². The first-order valence-corrected chi connectivity index (χ1v) is 10.3. The molecule has 28 heavy (non-hydrogen) atoms. The standard InChI is InChI=1S/C22H30N4O2/c1-13(2)7-17-11-20(26-25-17)22(28)24-21(15-9-18(27)10-15)16-8-14-5-3-4-6-19(14)23-12-16/h3-6,8,12-13,15,17-18,20-21,25-27H,7,9-11H2,1-2H3,(H,24,28). The summed E-state index contributed by atoms with van der Waals surface area (Å²) in [5, 5.41) is 14.1. The Kier molecular flexibility index (Phi) is 5.62. The van der Waals surface area contributed by atoms with Crippen molar-refractivity contribution >= 4 is 16.8 Å². The van der Waals surface area contributed by atoms with Crippen LogP contribution in [0, 0.1) is 11.8 Å². The van der Waals surface area contributed by atoms with Gasteiger partial charge in [0.2, 0.25) is 5.91 Å². The molecule has 0 bridgehead atoms. The van der Waals surface area contributed by atoms with E-state index < -0.39 is 0 Å². The molecule has 150 valence electrons. The molecule has 1 saturated heterocycles. The molecule has 0 spiro atoms. The first-order valence-electron chi connectivity index (χ1n) is 10.3. The number of para-hydroxylation sites is 1. The van der Waals surface area contributed by atoms with Gasteiger partial charge in [0, 0.05) is 17.6 Å². The van der Waals surface area contributed by atoms with Crippen molar-refractivity contribution in [2.45, 2.75) is 63.8 Å². The molecule has 2 aliphatic rings. The fourth-order valence-corrected chi connectivity index (χ4v) is 4.40. The Bertz CT molecular complexity index is 834. The van der Waals surface area contributed by atoms with Crippen LogP contribution in [0.15, 0.2) is 36.5 Å². The van der Waals surface area contributed by atoms with Crippen molar-refractivity contribution < 1.29 is 9.90 Å². The lowest BCUT2D eigenvalue weighted by Gasteiger charge is -2.38. The number of pyridine rings is 1. The van der Waals surface area contributed by atoms with Gasteiger partial charge in [-0.15, -0.1) is 0 Å². The van der Waals surface area contributed by atoms with Crippen LogP contribution in [0.2, 0.25) is 0 Å². The second-order valence-electron chi connectivity index (χ2n) is 8.74. The van der Waals surface area contributed by atoms with E-state index in [0.29, 0.717) is 24.8 Å². The quantitative estimate of drug-likeness (QED) is 0.617. The predicted octanol–water partition coefficient (Wildman–Crippen LogP) is 2.44. The summed E-state index contributed by atoms with van der Waals surface area (Å²) in [5.74, 6) is 0.843. The lowest BCUT2D eigenvalue weighted by Crippen LogP contribution is -2.48. The van der Waals surface area contributed by atoms with Crippen molar-refractivity contribution in [3.63, 3.8) is 0 Å². The van der Waals surface area contributed by atoms with Gasteiger partial charge in [-0.05, 0) is 55.2 Å². The number of carbonyl (C=O) groups excluding carboxylic acids is 1. The monoisotopic (exact) mass is 382 g/mol. The van der Waals surface area contributed by atoms with E-state index in [1.165, 1.54) is 0 Å². The molecule has 1 aromatic carbocycles. The highest BCUT2D eigenvalue weighted by Crippen LogP contribution is 2.38. The van der Waals surface area contributed by atoms with Gasteiger partial charge in [0.1, 0.15) is 6.04 Å². The molecular formula is C22H30N4O2. The second-order valence-corrected chi connectivity index (χ2v) is 8.74. The maximum atomic E-state index is 13.0. The zero-order valence-corrected chi connectivity index (χ0v) is 16.6. The van der Waals surface area contributed by atoms with Crippen LogP contribution in [0.4, 0.5) is 0 Å². The number of rotatable bonds is 6. The number of hydrogen-bond acceptors (Lipinski definition) is 5. The van der Waals surface area contributed by atoms with E-state index in [1.807, 2.05) is 30.5 Å². The number of aliphatic hydroxyl groups is 1. The van der Waals surface area contributed by atoms with Crippen LogP contribution in [-0.2, 0) is 4.79 Å². The van der Waals surface area contributed by atoms with E-state index in [0.717, 1.165) is 29.3 Å². The van der Waals surface area contributed by atoms with Gasteiger partial charge in [0.05, 0.1) is 17.7 Å². The number of amides is 1. The first-order chi connectivity index (χ1) is 13.5. The average molecular weight is 383 g/mol. The van der Waals surface area contributed by atoms with E-state index in [1.54, 1.807) is 0 Å². The maximum Gasteiger partial charge on any atom is 0.239 e. The molecule has 4 N–H and O–H groups in total. The van der Waals surface area contributed by atoms with E-state index in [4.69, 9.17) is 0 Å². The first kappa shape index (κ1) is 19.3. The van der Waals surface area contributed by atoms with Crippen LogP contribution in [0.25, 0.3) is 10.9 Å². The van der Waals surface area contributed by atoms with Gasteiger partial charge in [-0.3, -0.25) is 15.2 Å². The molecule has 3 unspecified atom stereocenters. The zero-order chi connectivity index (χ0) is 19.7. The molecule has 2 heterocycles. The Balaban J connectivity index is 1.49. The Morgan fingerprint density at radius 2 is 2.04 bits per heavy atom. The number of aromatic nitrogens is 1. The maximum absolute atomic E-state index is 13.0. The molecule has 0 radical (unpaired) electrons. The Morgan fingerprint density at radius 3 is 2.79 bits per heavy atom. The summed E-state index contributed by atoms with van der Waals surface area (Å²) in [5.41, 5.74) is 8.37. The SMILES string of the molecule is CC(C)CC1CC(C(=O)NC(c2cnc3ccccc3c2)C2CC(O)C2)NN1. The second kappa shape index (κ2) is 8.15. The number of carbonyl (C=O) groups is 1. The summed E-state index contributed by atoms with van der Waals surface area (Å²) in [6, 6.07) is 10.1. The summed E-state index contributed by atoms with van der Waals surface area (Å²) in [6.07, 6.45) is 4.86. The third kappa shape index (κ3) is 4.19. The molecule has 1 aromatic heterocycles. The van der Waals surface area contributed by atoms with Crippen LogP contribution in [0.5, 0.6) is 0 Å². The van der Waals surface area contributed by atoms with Gasteiger partial charge in [-0.1, -0.05) is 32.0 Å². The van der Waals surface area contributed by atoms with Gasteiger partial charge < -0.3 is 10.4 Å². The normalized spacial score (nSPS) is 28.3. The minimum atomic E-state index is -0.264. The fourth-order valence-electron chi connectivity index (χ4n) is 4.40. The molecule has 1 aliphatic heterocycles. The van der Waals surface area contributed by atoms with Gasteiger partial charge >= 0.3 is 0 Å². The van der Waals surface area contributed by atoms with Crippen LogP contribution in [-0.4, -0.2) is 34.2 Å². The third-order valence-corrected chi connectivity index (χ3v) is 5.94. The minimum Gasteiger partial charge on any atom is -0.393 e. The summed E-state index contributed by atoms with van der Waals surface area (Å²) >= 11 is 0. The number of nitrogens with one attached hydrogen (secondary N) is 3. The Labute approximate surface area is 166 Å². The van der Waals surface area contributed by atoms with Crippen LogP contribution >= 0.6 is 0 Å². The number of fused-ring (bicyclic) bond motifs is 1. The average Bonchev–Trinajstić information content (AvgIpc) is 3.11. The smallest absolute Gasteiger partial charge is 0.239 e. The van der Waals surface area contributed by atoms with Gasteiger partial charge in [0.15, 0.2) is 0 Å². The molecule has 2 aromatic rings. The molecule has 4 rings (SSSR count). The predicted molar refractivity (Wildman–Crippen MR) is 109 cm³/mol. The molecule has 6 nitrogen and oxygen atoms in total. The number of benzene rings is 1. The van der Waals surface area contributed by atoms with E-state index in [9.17, 15) is 9.90 Å². The summed E-state index contributed by atoms with van der Waals surface area (Å²) < 4.78 is 0. The molecule has 3 atom stereocenters. The largest absolute Gasteiger partial charge is 0.393 e. The molecule has 2 fully saturated rings.